The van der Waals surface area contributed by atoms with Gasteiger partial charge in [0.15, 0.2) is 5.17 Å². The lowest BCUT2D eigenvalue weighted by molar-refractivity contribution is 1.44. The third-order valence-corrected chi connectivity index (χ3v) is 2.78. The van der Waals surface area contributed by atoms with Gasteiger partial charge in [-0.3, -0.25) is 4.99 Å². The fourth-order valence-electron chi connectivity index (χ4n) is 0.971. The Bertz CT molecular complexity index is 326. The molecule has 76 valence electrons. The Hall–Kier alpha value is -0.670. The lowest BCUT2D eigenvalue weighted by Crippen LogP contribution is -2.08. The molecule has 0 aromatic heterocycles. The Morgan fingerprint density at radius 1 is 1.50 bits per heavy atom. The number of benzene rings is 1. The SMILES string of the molecule is CCSC(=NC)Nc1ccccc1Cl. The van der Waals surface area contributed by atoms with E-state index in [0.29, 0.717) is 5.02 Å². The quantitative estimate of drug-likeness (QED) is 0.619. The maximum atomic E-state index is 6.00. The van der Waals surface area contributed by atoms with Crippen LogP contribution in [0.15, 0.2) is 29.3 Å². The third kappa shape index (κ3) is 3.24. The van der Waals surface area contributed by atoms with Crippen LogP contribution < -0.4 is 5.32 Å². The van der Waals surface area contributed by atoms with Crippen LogP contribution in [0.25, 0.3) is 0 Å². The first-order valence-electron chi connectivity index (χ1n) is 4.39. The molecule has 0 bridgehead atoms. The summed E-state index contributed by atoms with van der Waals surface area (Å²) < 4.78 is 0. The Labute approximate surface area is 93.8 Å². The molecular weight excluding hydrogens is 216 g/mol. The van der Waals surface area contributed by atoms with Gasteiger partial charge in [0.25, 0.3) is 0 Å². The first-order valence-corrected chi connectivity index (χ1v) is 5.75. The smallest absolute Gasteiger partial charge is 0.160 e. The monoisotopic (exact) mass is 228 g/mol. The third-order valence-electron chi connectivity index (χ3n) is 1.60. The van der Waals surface area contributed by atoms with E-state index in [1.165, 1.54) is 0 Å². The highest BCUT2D eigenvalue weighted by Crippen LogP contribution is 2.21. The van der Waals surface area contributed by atoms with Crippen LogP contribution in [0.2, 0.25) is 5.02 Å². The minimum atomic E-state index is 0.713. The molecule has 0 aliphatic carbocycles. The second-order valence-corrected chi connectivity index (χ2v) is 4.23. The minimum Gasteiger partial charge on any atom is -0.334 e. The van der Waals surface area contributed by atoms with Crippen LogP contribution in [0, 0.1) is 0 Å². The summed E-state index contributed by atoms with van der Waals surface area (Å²) in [5.74, 6) is 0.990. The van der Waals surface area contributed by atoms with Crippen LogP contribution in [0.5, 0.6) is 0 Å². The van der Waals surface area contributed by atoms with Crippen LogP contribution in [-0.4, -0.2) is 18.0 Å². The van der Waals surface area contributed by atoms with Crippen molar-refractivity contribution in [3.63, 3.8) is 0 Å². The van der Waals surface area contributed by atoms with Crippen molar-refractivity contribution in [1.29, 1.82) is 0 Å². The van der Waals surface area contributed by atoms with Gasteiger partial charge in [-0.1, -0.05) is 42.4 Å². The highest BCUT2D eigenvalue weighted by atomic mass is 35.5. The van der Waals surface area contributed by atoms with Crippen molar-refractivity contribution in [2.75, 3.05) is 18.1 Å². The molecule has 2 nitrogen and oxygen atoms in total. The predicted molar refractivity (Wildman–Crippen MR) is 66.6 cm³/mol. The van der Waals surface area contributed by atoms with Gasteiger partial charge < -0.3 is 5.32 Å². The molecule has 0 aliphatic heterocycles. The molecular formula is C10H13ClN2S. The largest absolute Gasteiger partial charge is 0.334 e. The lowest BCUT2D eigenvalue weighted by Gasteiger charge is -2.08. The van der Waals surface area contributed by atoms with Gasteiger partial charge in [0.05, 0.1) is 10.7 Å². The Morgan fingerprint density at radius 2 is 2.21 bits per heavy atom. The van der Waals surface area contributed by atoms with Crippen LogP contribution in [-0.2, 0) is 0 Å². The number of rotatable bonds is 2. The topological polar surface area (TPSA) is 24.4 Å². The fraction of sp³-hybridized carbons (Fsp3) is 0.300. The molecule has 1 aromatic carbocycles. The zero-order valence-corrected chi connectivity index (χ0v) is 9.82. The highest BCUT2D eigenvalue weighted by Gasteiger charge is 2.01. The van der Waals surface area contributed by atoms with Gasteiger partial charge in [-0.25, -0.2) is 0 Å². The first kappa shape index (κ1) is 11.4. The number of nitrogens with zero attached hydrogens (tertiary/aromatic N) is 1. The maximum Gasteiger partial charge on any atom is 0.160 e. The van der Waals surface area contributed by atoms with Crippen LogP contribution in [0.3, 0.4) is 0 Å². The van der Waals surface area contributed by atoms with Crippen molar-refractivity contribution in [2.45, 2.75) is 6.92 Å². The summed E-state index contributed by atoms with van der Waals surface area (Å²) in [7, 11) is 1.77. The number of nitrogens with one attached hydrogen (secondary N) is 1. The normalized spacial score (nSPS) is 11.5. The molecule has 1 rings (SSSR count). The van der Waals surface area contributed by atoms with E-state index < -0.39 is 0 Å². The zero-order valence-electron chi connectivity index (χ0n) is 8.25. The van der Waals surface area contributed by atoms with E-state index in [4.69, 9.17) is 11.6 Å². The molecule has 0 radical (unpaired) electrons. The number of hydrogen-bond acceptors (Lipinski definition) is 2. The summed E-state index contributed by atoms with van der Waals surface area (Å²) in [4.78, 5) is 4.12. The molecule has 0 saturated carbocycles. The number of hydrogen-bond donors (Lipinski definition) is 1. The molecule has 0 atom stereocenters. The molecule has 1 N–H and O–H groups in total. The summed E-state index contributed by atoms with van der Waals surface area (Å²) in [5.41, 5.74) is 0.899. The average molecular weight is 229 g/mol. The van der Waals surface area contributed by atoms with Crippen molar-refractivity contribution >= 4 is 34.2 Å². The Kier molecular flexibility index (Phi) is 4.84. The second kappa shape index (κ2) is 5.94. The van der Waals surface area contributed by atoms with Crippen molar-refractivity contribution in [2.24, 2.45) is 4.99 Å². The summed E-state index contributed by atoms with van der Waals surface area (Å²) >= 11 is 7.66. The minimum absolute atomic E-state index is 0.713. The number of amidine groups is 1. The highest BCUT2D eigenvalue weighted by molar-refractivity contribution is 8.14. The van der Waals surface area contributed by atoms with Gasteiger partial charge in [0.2, 0.25) is 0 Å². The molecule has 14 heavy (non-hydrogen) atoms. The average Bonchev–Trinajstić information content (AvgIpc) is 2.20. The molecule has 0 aliphatic rings. The summed E-state index contributed by atoms with van der Waals surface area (Å²) in [6.07, 6.45) is 0. The molecule has 0 heterocycles. The molecule has 0 amide bonds. The summed E-state index contributed by atoms with van der Waals surface area (Å²) in [5, 5.41) is 4.78. The van der Waals surface area contributed by atoms with E-state index in [1.807, 2.05) is 24.3 Å². The number of anilines is 1. The second-order valence-electron chi connectivity index (χ2n) is 2.57. The number of aliphatic imine (C=N–C) groups is 1. The van der Waals surface area contributed by atoms with E-state index in [9.17, 15) is 0 Å². The van der Waals surface area contributed by atoms with Crippen LogP contribution >= 0.6 is 23.4 Å². The zero-order chi connectivity index (χ0) is 10.4. The molecule has 4 heteroatoms. The first-order chi connectivity index (χ1) is 6.77. The maximum absolute atomic E-state index is 6.00. The van der Waals surface area contributed by atoms with Gasteiger partial charge in [-0.2, -0.15) is 0 Å². The van der Waals surface area contributed by atoms with E-state index in [2.05, 4.69) is 17.2 Å². The Morgan fingerprint density at radius 3 is 2.79 bits per heavy atom. The van der Waals surface area contributed by atoms with Crippen molar-refractivity contribution < 1.29 is 0 Å². The lowest BCUT2D eigenvalue weighted by atomic mass is 10.3. The van der Waals surface area contributed by atoms with Gasteiger partial charge in [-0.15, -0.1) is 0 Å². The van der Waals surface area contributed by atoms with Crippen molar-refractivity contribution in [1.82, 2.24) is 0 Å². The van der Waals surface area contributed by atoms with Gasteiger partial charge in [-0.05, 0) is 17.9 Å². The van der Waals surface area contributed by atoms with Crippen LogP contribution in [0.1, 0.15) is 6.92 Å². The van der Waals surface area contributed by atoms with Gasteiger partial charge in [0.1, 0.15) is 0 Å². The molecule has 1 aromatic rings. The molecule has 0 fully saturated rings. The fourth-order valence-corrected chi connectivity index (χ4v) is 1.74. The van der Waals surface area contributed by atoms with E-state index in [-0.39, 0.29) is 0 Å². The number of para-hydroxylation sites is 1. The van der Waals surface area contributed by atoms with Crippen molar-refractivity contribution in [3.8, 4) is 0 Å². The predicted octanol–water partition coefficient (Wildman–Crippen LogP) is 3.49. The van der Waals surface area contributed by atoms with Crippen molar-refractivity contribution in [3.05, 3.63) is 29.3 Å². The van der Waals surface area contributed by atoms with Gasteiger partial charge >= 0.3 is 0 Å². The number of halogens is 1. The van der Waals surface area contributed by atoms with E-state index in [0.717, 1.165) is 16.6 Å². The Balaban J connectivity index is 2.72. The molecule has 0 unspecified atom stereocenters. The summed E-state index contributed by atoms with van der Waals surface area (Å²) in [6, 6.07) is 7.64. The number of thioether (sulfide) groups is 1. The standard InChI is InChI=1S/C10H13ClN2S/c1-3-14-10(12-2)13-9-7-5-4-6-8(9)11/h4-7H,3H2,1-2H3,(H,12,13). The van der Waals surface area contributed by atoms with E-state index >= 15 is 0 Å². The van der Waals surface area contributed by atoms with Crippen LogP contribution in [0.4, 0.5) is 5.69 Å². The van der Waals surface area contributed by atoms with E-state index in [1.54, 1.807) is 18.8 Å². The molecule has 0 spiro atoms. The summed E-state index contributed by atoms with van der Waals surface area (Å²) in [6.45, 7) is 2.09. The van der Waals surface area contributed by atoms with Gasteiger partial charge in [0, 0.05) is 7.05 Å². The molecule has 0 saturated heterocycles.